The average molecular weight is 428 g/mol. The van der Waals surface area contributed by atoms with Gasteiger partial charge in [-0.25, -0.2) is 4.39 Å². The molecule has 0 aliphatic carbocycles. The Kier molecular flexibility index (Phi) is 8.53. The highest BCUT2D eigenvalue weighted by molar-refractivity contribution is 14.0. The van der Waals surface area contributed by atoms with Crippen molar-refractivity contribution in [3.63, 3.8) is 0 Å². The van der Waals surface area contributed by atoms with E-state index in [0.717, 1.165) is 35.9 Å². The van der Waals surface area contributed by atoms with Crippen molar-refractivity contribution < 1.29 is 4.39 Å². The maximum absolute atomic E-state index is 12.8. The van der Waals surface area contributed by atoms with Crippen molar-refractivity contribution in [3.8, 4) is 0 Å². The standard InChI is InChI=1S/C17H21FN4.HI/c1-13-4-3-5-16(22-13)12-21-17(19-2)20-11-10-14-6-8-15(18)9-7-14;/h3-9H,10-12H2,1-2H3,(H2,19,20,21);1H. The summed E-state index contributed by atoms with van der Waals surface area (Å²) in [4.78, 5) is 8.61. The summed E-state index contributed by atoms with van der Waals surface area (Å²) in [6.45, 7) is 3.32. The molecule has 124 valence electrons. The smallest absolute Gasteiger partial charge is 0.191 e. The van der Waals surface area contributed by atoms with Gasteiger partial charge in [0.15, 0.2) is 5.96 Å². The van der Waals surface area contributed by atoms with Gasteiger partial charge in [-0.2, -0.15) is 0 Å². The molecule has 0 aliphatic heterocycles. The molecule has 0 fully saturated rings. The molecule has 1 aromatic carbocycles. The van der Waals surface area contributed by atoms with Gasteiger partial charge in [0.05, 0.1) is 12.2 Å². The minimum absolute atomic E-state index is 0. The van der Waals surface area contributed by atoms with E-state index in [1.807, 2.05) is 25.1 Å². The van der Waals surface area contributed by atoms with Crippen LogP contribution in [0.4, 0.5) is 4.39 Å². The van der Waals surface area contributed by atoms with Gasteiger partial charge in [-0.15, -0.1) is 24.0 Å². The molecule has 1 aromatic heterocycles. The van der Waals surface area contributed by atoms with Gasteiger partial charge in [0, 0.05) is 19.3 Å². The van der Waals surface area contributed by atoms with Crippen LogP contribution in [0.15, 0.2) is 47.5 Å². The first-order chi connectivity index (χ1) is 10.7. The van der Waals surface area contributed by atoms with E-state index in [-0.39, 0.29) is 29.8 Å². The zero-order valence-corrected chi connectivity index (χ0v) is 15.7. The molecule has 23 heavy (non-hydrogen) atoms. The Morgan fingerprint density at radius 3 is 2.52 bits per heavy atom. The van der Waals surface area contributed by atoms with E-state index in [4.69, 9.17) is 0 Å². The monoisotopic (exact) mass is 428 g/mol. The molecule has 0 unspecified atom stereocenters. The lowest BCUT2D eigenvalue weighted by Crippen LogP contribution is -2.38. The van der Waals surface area contributed by atoms with Crippen molar-refractivity contribution in [1.82, 2.24) is 15.6 Å². The average Bonchev–Trinajstić information content (AvgIpc) is 2.52. The topological polar surface area (TPSA) is 49.3 Å². The number of guanidine groups is 1. The number of hydrogen-bond acceptors (Lipinski definition) is 2. The molecule has 0 saturated heterocycles. The fourth-order valence-electron chi connectivity index (χ4n) is 2.07. The summed E-state index contributed by atoms with van der Waals surface area (Å²) in [6, 6.07) is 12.5. The molecule has 2 aromatic rings. The number of nitrogens with zero attached hydrogens (tertiary/aromatic N) is 2. The van der Waals surface area contributed by atoms with Crippen LogP contribution in [0.3, 0.4) is 0 Å². The molecule has 0 saturated carbocycles. The maximum atomic E-state index is 12.8. The van der Waals surface area contributed by atoms with Gasteiger partial charge in [0.25, 0.3) is 0 Å². The molecule has 0 bridgehead atoms. The highest BCUT2D eigenvalue weighted by Gasteiger charge is 2.00. The molecule has 4 nitrogen and oxygen atoms in total. The summed E-state index contributed by atoms with van der Waals surface area (Å²) >= 11 is 0. The van der Waals surface area contributed by atoms with E-state index in [1.165, 1.54) is 12.1 Å². The minimum atomic E-state index is -0.208. The molecule has 0 amide bonds. The third-order valence-electron chi connectivity index (χ3n) is 3.23. The molecule has 1 heterocycles. The third kappa shape index (κ3) is 6.94. The van der Waals surface area contributed by atoms with Gasteiger partial charge in [-0.05, 0) is 43.2 Å². The van der Waals surface area contributed by atoms with Crippen LogP contribution in [0.2, 0.25) is 0 Å². The summed E-state index contributed by atoms with van der Waals surface area (Å²) in [6.07, 6.45) is 0.809. The summed E-state index contributed by atoms with van der Waals surface area (Å²) in [5.74, 6) is 0.519. The van der Waals surface area contributed by atoms with E-state index >= 15 is 0 Å². The fraction of sp³-hybridized carbons (Fsp3) is 0.294. The fourth-order valence-corrected chi connectivity index (χ4v) is 2.07. The van der Waals surface area contributed by atoms with Crippen LogP contribution in [-0.2, 0) is 13.0 Å². The van der Waals surface area contributed by atoms with Crippen molar-refractivity contribution >= 4 is 29.9 Å². The van der Waals surface area contributed by atoms with Gasteiger partial charge in [-0.1, -0.05) is 18.2 Å². The van der Waals surface area contributed by atoms with Gasteiger partial charge in [0.2, 0.25) is 0 Å². The molecular formula is C17H22FIN4. The molecule has 0 atom stereocenters. The number of aliphatic imine (C=N–C) groups is 1. The van der Waals surface area contributed by atoms with Crippen LogP contribution in [0.1, 0.15) is 17.0 Å². The molecule has 6 heteroatoms. The number of rotatable bonds is 5. The molecular weight excluding hydrogens is 406 g/mol. The Morgan fingerprint density at radius 2 is 1.87 bits per heavy atom. The van der Waals surface area contributed by atoms with Crippen LogP contribution < -0.4 is 10.6 Å². The second-order valence-electron chi connectivity index (χ2n) is 5.00. The van der Waals surface area contributed by atoms with E-state index in [1.54, 1.807) is 19.2 Å². The lowest BCUT2D eigenvalue weighted by Gasteiger charge is -2.12. The largest absolute Gasteiger partial charge is 0.356 e. The van der Waals surface area contributed by atoms with Crippen LogP contribution in [0.5, 0.6) is 0 Å². The van der Waals surface area contributed by atoms with E-state index in [0.29, 0.717) is 6.54 Å². The van der Waals surface area contributed by atoms with Crippen LogP contribution in [0, 0.1) is 12.7 Å². The number of halogens is 2. The van der Waals surface area contributed by atoms with Gasteiger partial charge >= 0.3 is 0 Å². The van der Waals surface area contributed by atoms with Crippen molar-refractivity contribution in [2.24, 2.45) is 4.99 Å². The van der Waals surface area contributed by atoms with Crippen LogP contribution >= 0.6 is 24.0 Å². The molecule has 0 aliphatic rings. The number of nitrogens with one attached hydrogen (secondary N) is 2. The lowest BCUT2D eigenvalue weighted by atomic mass is 10.1. The minimum Gasteiger partial charge on any atom is -0.356 e. The van der Waals surface area contributed by atoms with Gasteiger partial charge in [0.1, 0.15) is 5.82 Å². The lowest BCUT2D eigenvalue weighted by molar-refractivity contribution is 0.626. The predicted molar refractivity (Wildman–Crippen MR) is 103 cm³/mol. The maximum Gasteiger partial charge on any atom is 0.191 e. The molecule has 2 N–H and O–H groups in total. The third-order valence-corrected chi connectivity index (χ3v) is 3.23. The first-order valence-corrected chi connectivity index (χ1v) is 7.29. The molecule has 2 rings (SSSR count). The van der Waals surface area contributed by atoms with Crippen molar-refractivity contribution in [3.05, 3.63) is 65.2 Å². The number of aryl methyl sites for hydroxylation is 1. The number of hydrogen-bond donors (Lipinski definition) is 2. The number of benzene rings is 1. The highest BCUT2D eigenvalue weighted by Crippen LogP contribution is 2.02. The summed E-state index contributed by atoms with van der Waals surface area (Å²) < 4.78 is 12.8. The Morgan fingerprint density at radius 1 is 1.13 bits per heavy atom. The quantitative estimate of drug-likeness (QED) is 0.438. The Labute approximate surface area is 153 Å². The Bertz CT molecular complexity index is 629. The van der Waals surface area contributed by atoms with Gasteiger partial charge < -0.3 is 10.6 Å². The molecule has 0 radical (unpaired) electrons. The summed E-state index contributed by atoms with van der Waals surface area (Å²) in [5, 5.41) is 6.46. The molecule has 0 spiro atoms. The zero-order chi connectivity index (χ0) is 15.8. The first kappa shape index (κ1) is 19.3. The predicted octanol–water partition coefficient (Wildman–Crippen LogP) is 3.05. The Hall–Kier alpha value is -1.70. The first-order valence-electron chi connectivity index (χ1n) is 7.29. The van der Waals surface area contributed by atoms with Crippen molar-refractivity contribution in [1.29, 1.82) is 0 Å². The summed E-state index contributed by atoms with van der Waals surface area (Å²) in [5.41, 5.74) is 3.06. The van der Waals surface area contributed by atoms with Crippen molar-refractivity contribution in [2.75, 3.05) is 13.6 Å². The van der Waals surface area contributed by atoms with E-state index < -0.39 is 0 Å². The second-order valence-corrected chi connectivity index (χ2v) is 5.00. The number of aromatic nitrogens is 1. The Balaban J connectivity index is 0.00000264. The SMILES string of the molecule is CN=C(NCCc1ccc(F)cc1)NCc1cccc(C)n1.I. The van der Waals surface area contributed by atoms with E-state index in [9.17, 15) is 4.39 Å². The normalized spacial score (nSPS) is 10.8. The summed E-state index contributed by atoms with van der Waals surface area (Å²) in [7, 11) is 1.73. The van der Waals surface area contributed by atoms with E-state index in [2.05, 4.69) is 20.6 Å². The highest BCUT2D eigenvalue weighted by atomic mass is 127. The number of pyridine rings is 1. The second kappa shape index (κ2) is 10.1. The zero-order valence-electron chi connectivity index (χ0n) is 13.3. The van der Waals surface area contributed by atoms with Crippen LogP contribution in [0.25, 0.3) is 0 Å². The van der Waals surface area contributed by atoms with Crippen molar-refractivity contribution in [2.45, 2.75) is 19.9 Å². The van der Waals surface area contributed by atoms with Crippen LogP contribution in [-0.4, -0.2) is 24.5 Å². The van der Waals surface area contributed by atoms with Gasteiger partial charge in [-0.3, -0.25) is 9.98 Å².